The van der Waals surface area contributed by atoms with Crippen LogP contribution in [-0.2, 0) is 32.4 Å². The first-order valence-electron chi connectivity index (χ1n) is 11.8. The number of hydrogen-bond acceptors (Lipinski definition) is 7. The van der Waals surface area contributed by atoms with E-state index in [9.17, 15) is 18.0 Å². The highest BCUT2D eigenvalue weighted by molar-refractivity contribution is 7.89. The molecule has 1 aromatic carbocycles. The van der Waals surface area contributed by atoms with Gasteiger partial charge in [-0.1, -0.05) is 24.6 Å². The van der Waals surface area contributed by atoms with Crippen LogP contribution >= 0.6 is 11.3 Å². The number of hydrogen-bond donors (Lipinski definition) is 1. The van der Waals surface area contributed by atoms with Gasteiger partial charge in [-0.05, 0) is 50.3 Å². The van der Waals surface area contributed by atoms with Crippen LogP contribution in [0.25, 0.3) is 0 Å². The lowest BCUT2D eigenvalue weighted by atomic mass is 10.1. The molecule has 2 heterocycles. The van der Waals surface area contributed by atoms with Crippen LogP contribution in [0.3, 0.4) is 0 Å². The highest BCUT2D eigenvalue weighted by Gasteiger charge is 2.30. The molecule has 1 aromatic heterocycles. The van der Waals surface area contributed by atoms with Crippen LogP contribution in [0, 0.1) is 0 Å². The third-order valence-electron chi connectivity index (χ3n) is 6.23. The van der Waals surface area contributed by atoms with E-state index < -0.39 is 10.0 Å². The lowest BCUT2D eigenvalue weighted by molar-refractivity contribution is -0.117. The molecule has 2 aromatic rings. The lowest BCUT2D eigenvalue weighted by Gasteiger charge is -2.33. The highest BCUT2D eigenvalue weighted by Crippen LogP contribution is 2.38. The van der Waals surface area contributed by atoms with Gasteiger partial charge >= 0.3 is 5.97 Å². The molecule has 0 atom stereocenters. The molecule has 1 N–H and O–H groups in total. The Morgan fingerprint density at radius 3 is 2.44 bits per heavy atom. The van der Waals surface area contributed by atoms with E-state index in [0.29, 0.717) is 36.7 Å². The first-order chi connectivity index (χ1) is 16.4. The molecule has 8 nitrogen and oxygen atoms in total. The number of ether oxygens (including phenoxy) is 1. The van der Waals surface area contributed by atoms with Gasteiger partial charge in [-0.2, -0.15) is 4.31 Å². The maximum absolute atomic E-state index is 12.9. The second kappa shape index (κ2) is 11.0. The molecule has 1 saturated heterocycles. The van der Waals surface area contributed by atoms with Crippen LogP contribution < -0.4 is 5.32 Å². The Balaban J connectivity index is 1.39. The zero-order valence-electron chi connectivity index (χ0n) is 19.4. The van der Waals surface area contributed by atoms with Gasteiger partial charge in [0, 0.05) is 31.1 Å². The lowest BCUT2D eigenvalue weighted by Crippen LogP contribution is -2.50. The number of nitrogens with one attached hydrogen (secondary N) is 1. The summed E-state index contributed by atoms with van der Waals surface area (Å²) in [4.78, 5) is 28.9. The number of anilines is 1. The molecule has 4 rings (SSSR count). The van der Waals surface area contributed by atoms with Crippen molar-refractivity contribution in [2.75, 3.05) is 44.6 Å². The quantitative estimate of drug-likeness (QED) is 0.459. The SMILES string of the molecule is CCOC(=O)c1c(NC(=O)CN2CCN(S(=O)(=O)c3ccccc3)CC2)sc2c1CCCCC2. The zero-order valence-corrected chi connectivity index (χ0v) is 21.1. The third kappa shape index (κ3) is 5.51. The summed E-state index contributed by atoms with van der Waals surface area (Å²) < 4.78 is 32.4. The highest BCUT2D eigenvalue weighted by atomic mass is 32.2. The fourth-order valence-corrected chi connectivity index (χ4v) is 7.23. The van der Waals surface area contributed by atoms with Gasteiger partial charge in [0.05, 0.1) is 23.6 Å². The number of carbonyl (C=O) groups is 2. The molecule has 1 amide bonds. The van der Waals surface area contributed by atoms with Crippen LogP contribution in [0.15, 0.2) is 35.2 Å². The molecule has 1 fully saturated rings. The maximum Gasteiger partial charge on any atom is 0.341 e. The second-order valence-corrected chi connectivity index (χ2v) is 11.6. The van der Waals surface area contributed by atoms with Crippen molar-refractivity contribution >= 4 is 38.2 Å². The van der Waals surface area contributed by atoms with Crippen LogP contribution in [0.2, 0.25) is 0 Å². The van der Waals surface area contributed by atoms with Gasteiger partial charge in [0.25, 0.3) is 0 Å². The Labute approximate surface area is 204 Å². The maximum atomic E-state index is 12.9. The average Bonchev–Trinajstić information content (AvgIpc) is 3.00. The van der Waals surface area contributed by atoms with E-state index in [1.54, 1.807) is 37.3 Å². The summed E-state index contributed by atoms with van der Waals surface area (Å²) in [6.07, 6.45) is 4.99. The summed E-state index contributed by atoms with van der Waals surface area (Å²) in [6, 6.07) is 8.40. The van der Waals surface area contributed by atoms with Crippen LogP contribution in [-0.4, -0.2) is 68.8 Å². The number of benzene rings is 1. The third-order valence-corrected chi connectivity index (χ3v) is 9.35. The van der Waals surface area contributed by atoms with E-state index in [1.807, 2.05) is 4.90 Å². The zero-order chi connectivity index (χ0) is 24.1. The number of aryl methyl sites for hydroxylation is 1. The summed E-state index contributed by atoms with van der Waals surface area (Å²) in [6.45, 7) is 3.78. The fourth-order valence-electron chi connectivity index (χ4n) is 4.49. The Morgan fingerprint density at radius 2 is 1.74 bits per heavy atom. The Hall–Kier alpha value is -2.27. The smallest absolute Gasteiger partial charge is 0.341 e. The Kier molecular flexibility index (Phi) is 8.02. The van der Waals surface area contributed by atoms with Gasteiger partial charge in [-0.15, -0.1) is 11.3 Å². The molecule has 0 radical (unpaired) electrons. The predicted molar refractivity (Wildman–Crippen MR) is 132 cm³/mol. The summed E-state index contributed by atoms with van der Waals surface area (Å²) in [5.41, 5.74) is 1.53. The predicted octanol–water partition coefficient (Wildman–Crippen LogP) is 3.14. The van der Waals surface area contributed by atoms with Crippen molar-refractivity contribution < 1.29 is 22.7 Å². The van der Waals surface area contributed by atoms with Gasteiger partial charge in [0.1, 0.15) is 5.00 Å². The molecule has 184 valence electrons. The molecular weight excluding hydrogens is 474 g/mol. The monoisotopic (exact) mass is 505 g/mol. The standard InChI is InChI=1S/C24H31N3O5S2/c1-2-32-24(29)22-19-11-7-4-8-12-20(19)33-23(22)25-21(28)17-26-13-15-27(16-14-26)34(30,31)18-9-5-3-6-10-18/h3,5-6,9-10H,2,4,7-8,11-17H2,1H3,(H,25,28). The van der Waals surface area contributed by atoms with Crippen molar-refractivity contribution in [3.63, 3.8) is 0 Å². The van der Waals surface area contributed by atoms with Crippen molar-refractivity contribution in [2.24, 2.45) is 0 Å². The fraction of sp³-hybridized carbons (Fsp3) is 0.500. The summed E-state index contributed by atoms with van der Waals surface area (Å²) in [5, 5.41) is 3.52. The molecule has 34 heavy (non-hydrogen) atoms. The minimum Gasteiger partial charge on any atom is -0.462 e. The largest absolute Gasteiger partial charge is 0.462 e. The molecule has 0 unspecified atom stereocenters. The van der Waals surface area contributed by atoms with Crippen molar-refractivity contribution in [1.82, 2.24) is 9.21 Å². The van der Waals surface area contributed by atoms with Gasteiger partial charge in [0.2, 0.25) is 15.9 Å². The summed E-state index contributed by atoms with van der Waals surface area (Å²) in [7, 11) is -3.53. The number of rotatable bonds is 7. The van der Waals surface area contributed by atoms with Crippen molar-refractivity contribution in [3.8, 4) is 0 Å². The van der Waals surface area contributed by atoms with Gasteiger partial charge in [-0.3, -0.25) is 9.69 Å². The Morgan fingerprint density at radius 1 is 1.03 bits per heavy atom. The van der Waals surface area contributed by atoms with E-state index in [0.717, 1.165) is 42.5 Å². The number of amides is 1. The minimum absolute atomic E-state index is 0.143. The average molecular weight is 506 g/mol. The van der Waals surface area contributed by atoms with E-state index in [4.69, 9.17) is 4.74 Å². The molecule has 0 spiro atoms. The minimum atomic E-state index is -3.53. The van der Waals surface area contributed by atoms with Gasteiger partial charge in [-0.25, -0.2) is 13.2 Å². The number of thiophene rings is 1. The van der Waals surface area contributed by atoms with Crippen molar-refractivity contribution in [3.05, 3.63) is 46.3 Å². The number of carbonyl (C=O) groups excluding carboxylic acids is 2. The van der Waals surface area contributed by atoms with Crippen LogP contribution in [0.1, 0.15) is 47.0 Å². The first kappa shape index (κ1) is 24.8. The van der Waals surface area contributed by atoms with Crippen LogP contribution in [0.4, 0.5) is 5.00 Å². The molecule has 2 aliphatic rings. The molecule has 0 saturated carbocycles. The number of piperazine rings is 1. The second-order valence-electron chi connectivity index (χ2n) is 8.53. The topological polar surface area (TPSA) is 96.0 Å². The molecule has 1 aliphatic carbocycles. The molecular formula is C24H31N3O5S2. The number of esters is 1. The molecule has 0 bridgehead atoms. The first-order valence-corrected chi connectivity index (χ1v) is 14.0. The number of nitrogens with zero attached hydrogens (tertiary/aromatic N) is 2. The molecule has 1 aliphatic heterocycles. The van der Waals surface area contributed by atoms with E-state index >= 15 is 0 Å². The normalized spacial score (nSPS) is 17.6. The van der Waals surface area contributed by atoms with Crippen molar-refractivity contribution in [2.45, 2.75) is 43.9 Å². The van der Waals surface area contributed by atoms with Crippen LogP contribution in [0.5, 0.6) is 0 Å². The molecule has 10 heteroatoms. The van der Waals surface area contributed by atoms with E-state index in [2.05, 4.69) is 5.32 Å². The van der Waals surface area contributed by atoms with Gasteiger partial charge < -0.3 is 10.1 Å². The van der Waals surface area contributed by atoms with Crippen molar-refractivity contribution in [1.29, 1.82) is 0 Å². The van der Waals surface area contributed by atoms with E-state index in [-0.39, 0.29) is 29.9 Å². The van der Waals surface area contributed by atoms with Gasteiger partial charge in [0.15, 0.2) is 0 Å². The summed E-state index contributed by atoms with van der Waals surface area (Å²) >= 11 is 1.48. The van der Waals surface area contributed by atoms with E-state index in [1.165, 1.54) is 15.6 Å². The summed E-state index contributed by atoms with van der Waals surface area (Å²) in [5.74, 6) is -0.585. The number of sulfonamides is 1. The Bertz CT molecular complexity index is 1120. The number of fused-ring (bicyclic) bond motifs is 1.